The van der Waals surface area contributed by atoms with Crippen molar-refractivity contribution in [1.82, 2.24) is 18.9 Å². The van der Waals surface area contributed by atoms with Crippen molar-refractivity contribution in [1.29, 1.82) is 0 Å². The third-order valence-electron chi connectivity index (χ3n) is 4.93. The van der Waals surface area contributed by atoms with Crippen LogP contribution in [0.3, 0.4) is 0 Å². The second-order valence-corrected chi connectivity index (χ2v) is 6.69. The smallest absolute Gasteiger partial charge is 0.328 e. The molecule has 0 saturated carbocycles. The van der Waals surface area contributed by atoms with Gasteiger partial charge in [0.15, 0.2) is 0 Å². The quantitative estimate of drug-likeness (QED) is 0.850. The third-order valence-corrected chi connectivity index (χ3v) is 4.93. The highest BCUT2D eigenvalue weighted by Crippen LogP contribution is 2.18. The molecule has 3 amide bonds. The number of benzene rings is 1. The predicted molar refractivity (Wildman–Crippen MR) is 102 cm³/mol. The maximum Gasteiger partial charge on any atom is 0.328 e. The summed E-state index contributed by atoms with van der Waals surface area (Å²) >= 11 is 0. The van der Waals surface area contributed by atoms with Crippen molar-refractivity contribution in [2.24, 2.45) is 14.1 Å². The van der Waals surface area contributed by atoms with Crippen LogP contribution in [-0.4, -0.2) is 70.8 Å². The Morgan fingerprint density at radius 2 is 1.70 bits per heavy atom. The number of carbonyl (C=O) groups is 2. The van der Waals surface area contributed by atoms with Gasteiger partial charge in [0.05, 0.1) is 11.0 Å². The van der Waals surface area contributed by atoms with Gasteiger partial charge < -0.3 is 19.9 Å². The van der Waals surface area contributed by atoms with Crippen molar-refractivity contribution < 1.29 is 14.3 Å². The van der Waals surface area contributed by atoms with Gasteiger partial charge in [0, 0.05) is 53.1 Å². The van der Waals surface area contributed by atoms with E-state index >= 15 is 0 Å². The molecule has 1 fully saturated rings. The fourth-order valence-electron chi connectivity index (χ4n) is 3.37. The number of anilines is 1. The van der Waals surface area contributed by atoms with Gasteiger partial charge in [0.25, 0.3) is 0 Å². The molecule has 0 radical (unpaired) electrons. The number of carbonyl (C=O) groups excluding carboxylic acids is 2. The molecule has 1 aromatic carbocycles. The number of imidazole rings is 1. The van der Waals surface area contributed by atoms with Gasteiger partial charge >= 0.3 is 11.7 Å². The third kappa shape index (κ3) is 3.82. The summed E-state index contributed by atoms with van der Waals surface area (Å²) in [6.07, 6.45) is 0.717. The summed E-state index contributed by atoms with van der Waals surface area (Å²) < 4.78 is 8.02. The average molecular weight is 375 g/mol. The molecule has 27 heavy (non-hydrogen) atoms. The van der Waals surface area contributed by atoms with Crippen LogP contribution in [0.25, 0.3) is 11.0 Å². The zero-order valence-corrected chi connectivity index (χ0v) is 15.9. The summed E-state index contributed by atoms with van der Waals surface area (Å²) in [5.41, 5.74) is 2.09. The fourth-order valence-corrected chi connectivity index (χ4v) is 3.37. The highest BCUT2D eigenvalue weighted by molar-refractivity contribution is 5.92. The summed E-state index contributed by atoms with van der Waals surface area (Å²) in [4.78, 5) is 40.0. The number of nitrogens with zero attached hydrogens (tertiary/aromatic N) is 4. The highest BCUT2D eigenvalue weighted by atomic mass is 16.5. The summed E-state index contributed by atoms with van der Waals surface area (Å²) in [7, 11) is 4.92. The Hall–Kier alpha value is -2.81. The van der Waals surface area contributed by atoms with Crippen molar-refractivity contribution in [2.45, 2.75) is 6.42 Å². The minimum atomic E-state index is -0.212. The number of amides is 3. The van der Waals surface area contributed by atoms with Gasteiger partial charge in [-0.2, -0.15) is 0 Å². The first-order valence-electron chi connectivity index (χ1n) is 8.90. The normalized spacial score (nSPS) is 15.1. The Morgan fingerprint density at radius 1 is 1.04 bits per heavy atom. The van der Waals surface area contributed by atoms with Gasteiger partial charge in [-0.3, -0.25) is 13.9 Å². The minimum absolute atomic E-state index is 0.0575. The molecule has 0 spiro atoms. The molecule has 3 rings (SSSR count). The lowest BCUT2D eigenvalue weighted by molar-refractivity contribution is -0.134. The number of ether oxygens (including phenoxy) is 1. The summed E-state index contributed by atoms with van der Waals surface area (Å²) in [6.45, 7) is 2.20. The van der Waals surface area contributed by atoms with Crippen molar-refractivity contribution in [3.8, 4) is 0 Å². The van der Waals surface area contributed by atoms with E-state index in [0.29, 0.717) is 31.9 Å². The molecule has 1 aliphatic heterocycles. The molecule has 0 aliphatic carbocycles. The summed E-state index contributed by atoms with van der Waals surface area (Å²) in [5.74, 6) is -0.0600. The Kier molecular flexibility index (Phi) is 5.50. The Morgan fingerprint density at radius 3 is 2.44 bits per heavy atom. The van der Waals surface area contributed by atoms with E-state index in [4.69, 9.17) is 4.74 Å². The maximum absolute atomic E-state index is 12.6. The number of hydrogen-bond acceptors (Lipinski definition) is 4. The SMILES string of the molecule is COCC(=O)N1CCCN(C(=O)Nc2ccc3c(c2)n(C)c(=O)n3C)CC1. The Bertz CT molecular complexity index is 916. The Labute approximate surface area is 157 Å². The number of methoxy groups -OCH3 is 1. The number of urea groups is 1. The Balaban J connectivity index is 1.68. The lowest BCUT2D eigenvalue weighted by atomic mass is 10.2. The van der Waals surface area contributed by atoms with E-state index in [9.17, 15) is 14.4 Å². The van der Waals surface area contributed by atoms with Crippen molar-refractivity contribution in [3.05, 3.63) is 28.7 Å². The molecule has 1 aromatic heterocycles. The van der Waals surface area contributed by atoms with Gasteiger partial charge in [-0.25, -0.2) is 9.59 Å². The molecule has 0 unspecified atom stereocenters. The van der Waals surface area contributed by atoms with Crippen LogP contribution in [0.2, 0.25) is 0 Å². The van der Waals surface area contributed by atoms with E-state index in [0.717, 1.165) is 17.5 Å². The largest absolute Gasteiger partial charge is 0.375 e. The van der Waals surface area contributed by atoms with E-state index in [2.05, 4.69) is 5.32 Å². The van der Waals surface area contributed by atoms with Crippen LogP contribution in [0, 0.1) is 0 Å². The van der Waals surface area contributed by atoms with Crippen LogP contribution in [0.5, 0.6) is 0 Å². The zero-order chi connectivity index (χ0) is 19.6. The van der Waals surface area contributed by atoms with Crippen molar-refractivity contribution >= 4 is 28.7 Å². The molecule has 1 N–H and O–H groups in total. The summed E-state index contributed by atoms with van der Waals surface area (Å²) in [6, 6.07) is 5.18. The fraction of sp³-hybridized carbons (Fsp3) is 0.500. The molecule has 9 heteroatoms. The van der Waals surface area contributed by atoms with Gasteiger partial charge in [-0.15, -0.1) is 0 Å². The van der Waals surface area contributed by atoms with Crippen molar-refractivity contribution in [2.75, 3.05) is 45.2 Å². The molecule has 1 aliphatic rings. The van der Waals surface area contributed by atoms with E-state index in [1.165, 1.54) is 7.11 Å². The van der Waals surface area contributed by atoms with Gasteiger partial charge in [-0.1, -0.05) is 0 Å². The number of aromatic nitrogens is 2. The lowest BCUT2D eigenvalue weighted by Crippen LogP contribution is -2.40. The van der Waals surface area contributed by atoms with E-state index < -0.39 is 0 Å². The average Bonchev–Trinajstić information content (AvgIpc) is 2.85. The molecular weight excluding hydrogens is 350 g/mol. The van der Waals surface area contributed by atoms with Crippen LogP contribution in [0.1, 0.15) is 6.42 Å². The molecule has 146 valence electrons. The topological polar surface area (TPSA) is 88.8 Å². The van der Waals surface area contributed by atoms with E-state index in [-0.39, 0.29) is 24.2 Å². The molecular formula is C18H25N5O4. The van der Waals surface area contributed by atoms with E-state index in [1.807, 2.05) is 6.07 Å². The molecule has 1 saturated heterocycles. The first-order chi connectivity index (χ1) is 12.9. The lowest BCUT2D eigenvalue weighted by Gasteiger charge is -2.22. The standard InChI is InChI=1S/C18H25N5O4/c1-20-14-6-5-13(11-15(14)21(2)18(20)26)19-17(25)23-8-4-7-22(9-10-23)16(24)12-27-3/h5-6,11H,4,7-10,12H2,1-3H3,(H,19,25). The van der Waals surface area contributed by atoms with E-state index in [1.54, 1.807) is 45.2 Å². The molecule has 2 aromatic rings. The predicted octanol–water partition coefficient (Wildman–Crippen LogP) is 0.590. The maximum atomic E-state index is 12.6. The number of rotatable bonds is 3. The minimum Gasteiger partial charge on any atom is -0.375 e. The van der Waals surface area contributed by atoms with Crippen molar-refractivity contribution in [3.63, 3.8) is 0 Å². The number of fused-ring (bicyclic) bond motifs is 1. The number of nitrogens with one attached hydrogen (secondary N) is 1. The highest BCUT2D eigenvalue weighted by Gasteiger charge is 2.22. The first kappa shape index (κ1) is 19.0. The van der Waals surface area contributed by atoms with Crippen LogP contribution >= 0.6 is 0 Å². The monoisotopic (exact) mass is 375 g/mol. The van der Waals surface area contributed by atoms with Crippen LogP contribution in [0.15, 0.2) is 23.0 Å². The van der Waals surface area contributed by atoms with Gasteiger partial charge in [0.2, 0.25) is 5.91 Å². The van der Waals surface area contributed by atoms with Crippen LogP contribution in [0.4, 0.5) is 10.5 Å². The van der Waals surface area contributed by atoms with Crippen LogP contribution < -0.4 is 11.0 Å². The second kappa shape index (κ2) is 7.83. The van der Waals surface area contributed by atoms with Crippen LogP contribution in [-0.2, 0) is 23.6 Å². The second-order valence-electron chi connectivity index (χ2n) is 6.69. The number of aryl methyl sites for hydroxylation is 2. The molecule has 9 nitrogen and oxygen atoms in total. The number of hydrogen-bond donors (Lipinski definition) is 1. The van der Waals surface area contributed by atoms with Gasteiger partial charge in [0.1, 0.15) is 6.61 Å². The van der Waals surface area contributed by atoms with Gasteiger partial charge in [-0.05, 0) is 24.6 Å². The summed E-state index contributed by atoms with van der Waals surface area (Å²) in [5, 5.41) is 2.89. The first-order valence-corrected chi connectivity index (χ1v) is 8.90. The zero-order valence-electron chi connectivity index (χ0n) is 15.9. The molecule has 2 heterocycles. The molecule has 0 atom stereocenters. The molecule has 0 bridgehead atoms.